The van der Waals surface area contributed by atoms with Gasteiger partial charge in [0.2, 0.25) is 5.78 Å². The maximum atomic E-state index is 12.8. The van der Waals surface area contributed by atoms with Crippen LogP contribution in [0.3, 0.4) is 0 Å². The predicted octanol–water partition coefficient (Wildman–Crippen LogP) is 4.02. The van der Waals surface area contributed by atoms with E-state index < -0.39 is 0 Å². The van der Waals surface area contributed by atoms with Crippen molar-refractivity contribution in [3.63, 3.8) is 0 Å². The van der Waals surface area contributed by atoms with Gasteiger partial charge in [0.05, 0.1) is 35.2 Å². The van der Waals surface area contributed by atoms with E-state index in [0.29, 0.717) is 17.8 Å². The molecule has 0 radical (unpaired) electrons. The van der Waals surface area contributed by atoms with Crippen LogP contribution in [0, 0.1) is 6.92 Å². The van der Waals surface area contributed by atoms with Gasteiger partial charge in [-0.05, 0) is 31.2 Å². The van der Waals surface area contributed by atoms with Crippen LogP contribution in [0.25, 0.3) is 11.0 Å². The van der Waals surface area contributed by atoms with E-state index in [2.05, 4.69) is 9.97 Å². The molecule has 0 saturated heterocycles. The molecule has 2 aromatic carbocycles. The van der Waals surface area contributed by atoms with Gasteiger partial charge in [0, 0.05) is 11.8 Å². The summed E-state index contributed by atoms with van der Waals surface area (Å²) in [7, 11) is 0. The average Bonchev–Trinajstić information content (AvgIpc) is 3.10. The minimum absolute atomic E-state index is 0.0127. The standard InChI is InChI=1S/C21H17N3O/c1-15-8-10-16(11-9-15)21(25)20-7-4-12-24(20)14-17-13-22-18-5-2-3-6-19(18)23-17/h2-13H,14H2,1H3. The minimum atomic E-state index is 0.0127. The summed E-state index contributed by atoms with van der Waals surface area (Å²) in [5.41, 5.74) is 5.04. The first-order valence-corrected chi connectivity index (χ1v) is 8.18. The van der Waals surface area contributed by atoms with Crippen molar-refractivity contribution in [2.45, 2.75) is 13.5 Å². The molecule has 0 amide bonds. The van der Waals surface area contributed by atoms with Crippen LogP contribution in [-0.4, -0.2) is 20.3 Å². The van der Waals surface area contributed by atoms with Crippen LogP contribution in [0.2, 0.25) is 0 Å². The summed E-state index contributed by atoms with van der Waals surface area (Å²) in [6, 6.07) is 19.1. The number of para-hydroxylation sites is 2. The average molecular weight is 327 g/mol. The van der Waals surface area contributed by atoms with Crippen molar-refractivity contribution in [1.82, 2.24) is 14.5 Å². The molecule has 0 N–H and O–H groups in total. The number of hydrogen-bond donors (Lipinski definition) is 0. The van der Waals surface area contributed by atoms with Gasteiger partial charge < -0.3 is 4.57 Å². The van der Waals surface area contributed by atoms with E-state index in [1.54, 1.807) is 6.20 Å². The lowest BCUT2D eigenvalue weighted by molar-refractivity contribution is 0.103. The Kier molecular flexibility index (Phi) is 3.86. The Bertz CT molecular complexity index is 1050. The summed E-state index contributed by atoms with van der Waals surface area (Å²) in [5, 5.41) is 0. The number of rotatable bonds is 4. The zero-order chi connectivity index (χ0) is 17.2. The number of nitrogens with zero attached hydrogens (tertiary/aromatic N) is 3. The Morgan fingerprint density at radius 1 is 0.960 bits per heavy atom. The van der Waals surface area contributed by atoms with Crippen LogP contribution in [0.1, 0.15) is 27.3 Å². The first-order valence-electron chi connectivity index (χ1n) is 8.18. The van der Waals surface area contributed by atoms with Crippen molar-refractivity contribution in [3.05, 3.63) is 95.6 Å². The van der Waals surface area contributed by atoms with Gasteiger partial charge in [0.1, 0.15) is 0 Å². The van der Waals surface area contributed by atoms with Gasteiger partial charge >= 0.3 is 0 Å². The van der Waals surface area contributed by atoms with E-state index >= 15 is 0 Å². The summed E-state index contributed by atoms with van der Waals surface area (Å²) in [4.78, 5) is 21.9. The number of carbonyl (C=O) groups is 1. The normalized spacial score (nSPS) is 10.9. The smallest absolute Gasteiger partial charge is 0.209 e. The van der Waals surface area contributed by atoms with Crippen molar-refractivity contribution in [2.24, 2.45) is 0 Å². The third-order valence-corrected chi connectivity index (χ3v) is 4.21. The highest BCUT2D eigenvalue weighted by atomic mass is 16.1. The largest absolute Gasteiger partial charge is 0.339 e. The number of fused-ring (bicyclic) bond motifs is 1. The Balaban J connectivity index is 1.64. The first kappa shape index (κ1) is 15.3. The summed E-state index contributed by atoms with van der Waals surface area (Å²) in [6.45, 7) is 2.52. The van der Waals surface area contributed by atoms with E-state index in [9.17, 15) is 4.79 Å². The molecule has 2 heterocycles. The Morgan fingerprint density at radius 2 is 1.72 bits per heavy atom. The molecule has 4 nitrogen and oxygen atoms in total. The molecular weight excluding hydrogens is 310 g/mol. The molecule has 0 fully saturated rings. The van der Waals surface area contributed by atoms with E-state index in [4.69, 9.17) is 0 Å². The lowest BCUT2D eigenvalue weighted by Gasteiger charge is -2.09. The molecular formula is C21H17N3O. The fourth-order valence-electron chi connectivity index (χ4n) is 2.86. The zero-order valence-corrected chi connectivity index (χ0v) is 13.9. The second-order valence-corrected chi connectivity index (χ2v) is 6.07. The number of hydrogen-bond acceptors (Lipinski definition) is 3. The van der Waals surface area contributed by atoms with E-state index in [-0.39, 0.29) is 5.78 Å². The Morgan fingerprint density at radius 3 is 2.52 bits per heavy atom. The quantitative estimate of drug-likeness (QED) is 0.532. The molecule has 4 aromatic rings. The van der Waals surface area contributed by atoms with Gasteiger partial charge in [-0.1, -0.05) is 42.0 Å². The summed E-state index contributed by atoms with van der Waals surface area (Å²) >= 11 is 0. The van der Waals surface area contributed by atoms with Gasteiger partial charge in [0.25, 0.3) is 0 Å². The maximum absolute atomic E-state index is 12.8. The third kappa shape index (κ3) is 3.06. The highest BCUT2D eigenvalue weighted by Crippen LogP contribution is 2.15. The van der Waals surface area contributed by atoms with Crippen LogP contribution in [-0.2, 0) is 6.54 Å². The van der Waals surface area contributed by atoms with E-state index in [0.717, 1.165) is 22.3 Å². The molecule has 0 aliphatic rings. The number of ketones is 1. The molecule has 0 aliphatic heterocycles. The molecule has 4 heteroatoms. The van der Waals surface area contributed by atoms with Gasteiger partial charge in [-0.2, -0.15) is 0 Å². The van der Waals surface area contributed by atoms with Crippen LogP contribution in [0.5, 0.6) is 0 Å². The van der Waals surface area contributed by atoms with E-state index in [1.165, 1.54) is 0 Å². The third-order valence-electron chi connectivity index (χ3n) is 4.21. The van der Waals surface area contributed by atoms with Crippen LogP contribution < -0.4 is 0 Å². The fourth-order valence-corrected chi connectivity index (χ4v) is 2.86. The molecule has 0 bridgehead atoms. The van der Waals surface area contributed by atoms with Crippen molar-refractivity contribution in [3.8, 4) is 0 Å². The first-order chi connectivity index (χ1) is 12.2. The van der Waals surface area contributed by atoms with Crippen molar-refractivity contribution >= 4 is 16.8 Å². The SMILES string of the molecule is Cc1ccc(C(=O)c2cccn2Cc2cnc3ccccc3n2)cc1. The molecule has 0 saturated carbocycles. The summed E-state index contributed by atoms with van der Waals surface area (Å²) < 4.78 is 1.92. The highest BCUT2D eigenvalue weighted by molar-refractivity contribution is 6.08. The minimum Gasteiger partial charge on any atom is -0.339 e. The molecule has 0 spiro atoms. The molecule has 4 rings (SSSR count). The molecule has 0 unspecified atom stereocenters. The lowest BCUT2D eigenvalue weighted by atomic mass is 10.1. The second-order valence-electron chi connectivity index (χ2n) is 6.07. The summed E-state index contributed by atoms with van der Waals surface area (Å²) in [6.07, 6.45) is 3.67. The van der Waals surface area contributed by atoms with Gasteiger partial charge in [-0.25, -0.2) is 4.98 Å². The molecule has 0 atom stereocenters. The van der Waals surface area contributed by atoms with Gasteiger partial charge in [-0.3, -0.25) is 9.78 Å². The van der Waals surface area contributed by atoms with Crippen LogP contribution in [0.15, 0.2) is 73.1 Å². The molecule has 122 valence electrons. The van der Waals surface area contributed by atoms with Crippen LogP contribution >= 0.6 is 0 Å². The van der Waals surface area contributed by atoms with Gasteiger partial charge in [0.15, 0.2) is 0 Å². The molecule has 2 aromatic heterocycles. The number of aromatic nitrogens is 3. The van der Waals surface area contributed by atoms with Crippen molar-refractivity contribution in [1.29, 1.82) is 0 Å². The maximum Gasteiger partial charge on any atom is 0.209 e. The van der Waals surface area contributed by atoms with E-state index in [1.807, 2.05) is 78.4 Å². The lowest BCUT2D eigenvalue weighted by Crippen LogP contribution is -2.11. The molecule has 25 heavy (non-hydrogen) atoms. The monoisotopic (exact) mass is 327 g/mol. The Labute approximate surface area is 145 Å². The number of carbonyl (C=O) groups excluding carboxylic acids is 1. The van der Waals surface area contributed by atoms with Crippen LogP contribution in [0.4, 0.5) is 0 Å². The highest BCUT2D eigenvalue weighted by Gasteiger charge is 2.14. The number of benzene rings is 2. The molecule has 0 aliphatic carbocycles. The Hall–Kier alpha value is -3.27. The zero-order valence-electron chi connectivity index (χ0n) is 13.9. The topological polar surface area (TPSA) is 47.8 Å². The van der Waals surface area contributed by atoms with Crippen molar-refractivity contribution < 1.29 is 4.79 Å². The van der Waals surface area contributed by atoms with Crippen molar-refractivity contribution in [2.75, 3.05) is 0 Å². The number of aryl methyl sites for hydroxylation is 1. The van der Waals surface area contributed by atoms with Gasteiger partial charge in [-0.15, -0.1) is 0 Å². The fraction of sp³-hybridized carbons (Fsp3) is 0.0952. The predicted molar refractivity (Wildman–Crippen MR) is 97.7 cm³/mol. The second kappa shape index (κ2) is 6.32. The summed E-state index contributed by atoms with van der Waals surface area (Å²) in [5.74, 6) is 0.0127.